The molecule has 0 spiro atoms. The Morgan fingerprint density at radius 2 is 1.70 bits per heavy atom. The van der Waals surface area contributed by atoms with Crippen LogP contribution in [0.3, 0.4) is 0 Å². The van der Waals surface area contributed by atoms with Crippen LogP contribution in [0, 0.1) is 0 Å². The Bertz CT molecular complexity index is 1100. The average molecular weight is 451 g/mol. The number of amides is 1. The second kappa shape index (κ2) is 8.77. The first kappa shape index (κ1) is 22.3. The lowest BCUT2D eigenvalue weighted by Crippen LogP contribution is -2.41. The third kappa shape index (κ3) is 4.67. The fourth-order valence-electron chi connectivity index (χ4n) is 3.58. The summed E-state index contributed by atoms with van der Waals surface area (Å²) < 4.78 is 50.7. The number of benzene rings is 2. The number of hydrogen-bond acceptors (Lipinski definition) is 5. The zero-order valence-corrected chi connectivity index (χ0v) is 18.7. The predicted octanol–water partition coefficient (Wildman–Crippen LogP) is 2.55. The minimum absolute atomic E-state index is 0.0208. The number of rotatable bonds is 7. The van der Waals surface area contributed by atoms with Crippen molar-refractivity contribution in [2.24, 2.45) is 0 Å². The smallest absolute Gasteiger partial charge is 0.264 e. The minimum Gasteiger partial charge on any atom is -0.335 e. The average Bonchev–Trinajstić information content (AvgIpc) is 3.11. The lowest BCUT2D eigenvalue weighted by atomic mass is 10.1. The second-order valence-electron chi connectivity index (χ2n) is 7.39. The monoisotopic (exact) mass is 450 g/mol. The number of nitrogens with zero attached hydrogens (tertiary/aromatic N) is 2. The third-order valence-corrected chi connectivity index (χ3v) is 8.80. The van der Waals surface area contributed by atoms with E-state index in [4.69, 9.17) is 0 Å². The molecule has 1 amide bonds. The number of carbonyl (C=O) groups is 1. The van der Waals surface area contributed by atoms with E-state index in [9.17, 15) is 21.6 Å². The van der Waals surface area contributed by atoms with E-state index in [-0.39, 0.29) is 28.4 Å². The molecule has 0 saturated carbocycles. The van der Waals surface area contributed by atoms with Crippen molar-refractivity contribution in [2.75, 3.05) is 29.4 Å². The van der Waals surface area contributed by atoms with Crippen molar-refractivity contribution in [3.63, 3.8) is 0 Å². The molecule has 1 saturated heterocycles. The number of hydrogen-bond donors (Lipinski definition) is 0. The van der Waals surface area contributed by atoms with Crippen molar-refractivity contribution >= 4 is 31.5 Å². The lowest BCUT2D eigenvalue weighted by molar-refractivity contribution is 0.0697. The van der Waals surface area contributed by atoms with Crippen molar-refractivity contribution in [1.82, 2.24) is 4.90 Å². The van der Waals surface area contributed by atoms with Crippen LogP contribution in [0.1, 0.15) is 30.1 Å². The van der Waals surface area contributed by atoms with Crippen molar-refractivity contribution < 1.29 is 21.6 Å². The lowest BCUT2D eigenvalue weighted by Gasteiger charge is -2.28. The number of carbonyl (C=O) groups excluding carboxylic acids is 1. The molecule has 162 valence electrons. The molecule has 1 aliphatic rings. The molecule has 0 bridgehead atoms. The molecule has 1 heterocycles. The zero-order chi connectivity index (χ0) is 21.9. The van der Waals surface area contributed by atoms with Gasteiger partial charge in [-0.15, -0.1) is 0 Å². The summed E-state index contributed by atoms with van der Waals surface area (Å²) in [5.41, 5.74) is 0.878. The molecule has 1 fully saturated rings. The van der Waals surface area contributed by atoms with Gasteiger partial charge in [-0.3, -0.25) is 9.10 Å². The minimum atomic E-state index is -3.77. The standard InChI is InChI=1S/C21H26N2O5S2/c1-3-14-23(19-13-15-29(25,26)16-19)21(24)17-9-11-20(12-10-17)30(27,28)22(2)18-7-5-4-6-8-18/h4-12,19H,3,13-16H2,1-2H3. The Hall–Kier alpha value is -2.39. The predicted molar refractivity (Wildman–Crippen MR) is 117 cm³/mol. The Kier molecular flexibility index (Phi) is 6.52. The van der Waals surface area contributed by atoms with Crippen LogP contribution < -0.4 is 4.31 Å². The fraction of sp³-hybridized carbons (Fsp3) is 0.381. The van der Waals surface area contributed by atoms with Gasteiger partial charge in [0.25, 0.3) is 15.9 Å². The van der Waals surface area contributed by atoms with Gasteiger partial charge < -0.3 is 4.90 Å². The fourth-order valence-corrected chi connectivity index (χ4v) is 6.51. The molecule has 7 nitrogen and oxygen atoms in total. The molecule has 1 aliphatic heterocycles. The highest BCUT2D eigenvalue weighted by atomic mass is 32.2. The van der Waals surface area contributed by atoms with E-state index < -0.39 is 19.9 Å². The normalized spacial score (nSPS) is 18.1. The van der Waals surface area contributed by atoms with Crippen molar-refractivity contribution in [1.29, 1.82) is 0 Å². The van der Waals surface area contributed by atoms with E-state index in [1.54, 1.807) is 29.2 Å². The topological polar surface area (TPSA) is 91.8 Å². The number of sulfonamides is 1. The largest absolute Gasteiger partial charge is 0.335 e. The number of anilines is 1. The van der Waals surface area contributed by atoms with Gasteiger partial charge in [0.1, 0.15) is 0 Å². The summed E-state index contributed by atoms with van der Waals surface area (Å²) in [6.45, 7) is 2.38. The highest BCUT2D eigenvalue weighted by Gasteiger charge is 2.34. The molecule has 30 heavy (non-hydrogen) atoms. The van der Waals surface area contributed by atoms with E-state index in [0.717, 1.165) is 0 Å². The highest BCUT2D eigenvalue weighted by molar-refractivity contribution is 7.92. The van der Waals surface area contributed by atoms with E-state index in [1.807, 2.05) is 13.0 Å². The van der Waals surface area contributed by atoms with Crippen LogP contribution >= 0.6 is 0 Å². The Morgan fingerprint density at radius 1 is 1.07 bits per heavy atom. The van der Waals surface area contributed by atoms with Gasteiger partial charge in [-0.1, -0.05) is 25.1 Å². The van der Waals surface area contributed by atoms with Gasteiger partial charge >= 0.3 is 0 Å². The Balaban J connectivity index is 1.82. The summed E-state index contributed by atoms with van der Waals surface area (Å²) in [5.74, 6) is -0.208. The van der Waals surface area contributed by atoms with Gasteiger partial charge in [0.15, 0.2) is 9.84 Å². The summed E-state index contributed by atoms with van der Waals surface area (Å²) in [7, 11) is -5.40. The third-order valence-electron chi connectivity index (χ3n) is 5.25. The molecule has 0 aromatic heterocycles. The van der Waals surface area contributed by atoms with E-state index >= 15 is 0 Å². The van der Waals surface area contributed by atoms with Crippen molar-refractivity contribution in [2.45, 2.75) is 30.7 Å². The van der Waals surface area contributed by atoms with Gasteiger partial charge in [-0.25, -0.2) is 16.8 Å². The van der Waals surface area contributed by atoms with Gasteiger partial charge in [0, 0.05) is 25.2 Å². The highest BCUT2D eigenvalue weighted by Crippen LogP contribution is 2.24. The first-order valence-corrected chi connectivity index (χ1v) is 13.1. The zero-order valence-electron chi connectivity index (χ0n) is 17.1. The van der Waals surface area contributed by atoms with Crippen LogP contribution in [0.2, 0.25) is 0 Å². The van der Waals surface area contributed by atoms with Crippen LogP contribution in [0.25, 0.3) is 0 Å². The first-order valence-electron chi connectivity index (χ1n) is 9.81. The molecule has 0 N–H and O–H groups in total. The molecule has 0 aliphatic carbocycles. The van der Waals surface area contributed by atoms with E-state index in [1.165, 1.54) is 35.6 Å². The van der Waals surface area contributed by atoms with Crippen LogP contribution in [0.4, 0.5) is 5.69 Å². The van der Waals surface area contributed by atoms with Crippen LogP contribution in [-0.2, 0) is 19.9 Å². The molecule has 0 radical (unpaired) electrons. The molecule has 9 heteroatoms. The van der Waals surface area contributed by atoms with Crippen molar-refractivity contribution in [3.05, 3.63) is 60.2 Å². The van der Waals surface area contributed by atoms with Crippen LogP contribution in [0.5, 0.6) is 0 Å². The van der Waals surface area contributed by atoms with Gasteiger partial charge in [-0.2, -0.15) is 0 Å². The molecule has 1 atom stereocenters. The number of para-hydroxylation sites is 1. The summed E-state index contributed by atoms with van der Waals surface area (Å²) in [6, 6.07) is 14.2. The summed E-state index contributed by atoms with van der Waals surface area (Å²) in [4.78, 5) is 14.7. The molecule has 3 rings (SSSR count). The molecule has 2 aromatic rings. The summed E-state index contributed by atoms with van der Waals surface area (Å²) in [5, 5.41) is 0. The SMILES string of the molecule is CCCN(C(=O)c1ccc(S(=O)(=O)N(C)c2ccccc2)cc1)C1CCS(=O)(=O)C1. The molecular formula is C21H26N2O5S2. The van der Waals surface area contributed by atoms with Crippen molar-refractivity contribution in [3.8, 4) is 0 Å². The Morgan fingerprint density at radius 3 is 2.23 bits per heavy atom. The molecular weight excluding hydrogens is 424 g/mol. The quantitative estimate of drug-likeness (QED) is 0.646. The van der Waals surface area contributed by atoms with Gasteiger partial charge in [0.05, 0.1) is 22.1 Å². The first-order chi connectivity index (χ1) is 14.2. The summed E-state index contributed by atoms with van der Waals surface area (Å²) in [6.07, 6.45) is 1.14. The van der Waals surface area contributed by atoms with Gasteiger partial charge in [0.2, 0.25) is 0 Å². The molecule has 2 aromatic carbocycles. The maximum Gasteiger partial charge on any atom is 0.264 e. The van der Waals surface area contributed by atoms with Crippen LogP contribution in [-0.4, -0.2) is 58.8 Å². The maximum atomic E-state index is 13.0. The van der Waals surface area contributed by atoms with Gasteiger partial charge in [-0.05, 0) is 49.2 Å². The second-order valence-corrected chi connectivity index (χ2v) is 11.6. The van der Waals surface area contributed by atoms with Crippen LogP contribution in [0.15, 0.2) is 59.5 Å². The maximum absolute atomic E-state index is 13.0. The Labute approximate surface area is 178 Å². The number of sulfone groups is 1. The van der Waals surface area contributed by atoms with E-state index in [0.29, 0.717) is 30.6 Å². The van der Waals surface area contributed by atoms with E-state index in [2.05, 4.69) is 0 Å². The molecule has 1 unspecified atom stereocenters. The summed E-state index contributed by atoms with van der Waals surface area (Å²) >= 11 is 0.